The van der Waals surface area contributed by atoms with Gasteiger partial charge in [0.05, 0.1) is 0 Å². The first-order valence-electron chi connectivity index (χ1n) is 16.2. The standard InChI is InChI=1S/2C18H28N2PSi2.2Cu/c2*1-22(2,3)19-21(20-23(4,5)6,17-13-9-7-10-14-17)18-15-11-8-12-16-18;;/h2*7-16H,1-6H3;;/q2*-1;2*+1. The molecule has 0 aromatic heterocycles. The van der Waals surface area contributed by atoms with Gasteiger partial charge in [-0.2, -0.15) is 0 Å². The van der Waals surface area contributed by atoms with E-state index in [1.807, 2.05) is 0 Å². The van der Waals surface area contributed by atoms with Crippen LogP contribution in [0.5, 0.6) is 0 Å². The molecule has 0 aliphatic rings. The Balaban J connectivity index is 0.000000461. The zero-order chi connectivity index (χ0) is 34.3. The zero-order valence-corrected chi connectivity index (χ0v) is 38.5. The van der Waals surface area contributed by atoms with Gasteiger partial charge in [0.1, 0.15) is 0 Å². The van der Waals surface area contributed by atoms with Gasteiger partial charge in [0, 0.05) is 0 Å². The molecule has 4 rings (SSSR count). The second-order valence-electron chi connectivity index (χ2n) is 15.6. The molecule has 4 nitrogen and oxygen atoms in total. The SMILES string of the molecule is C[Si](C)(C)N=P([N-][Si](C)(C)C)(c1ccccc1)c1ccccc1.C[Si](C)(C)N=P([N-][Si](C)(C)C)(c1ccccc1)c1ccccc1.[Cu+].[Cu+]. The summed E-state index contributed by atoms with van der Waals surface area (Å²) in [4.78, 5) is 0. The maximum Gasteiger partial charge on any atom is 1.00 e. The van der Waals surface area contributed by atoms with Crippen LogP contribution >= 0.6 is 14.4 Å². The minimum absolute atomic E-state index is 0. The Labute approximate surface area is 318 Å². The van der Waals surface area contributed by atoms with Crippen LogP contribution in [0, 0.1) is 0 Å². The van der Waals surface area contributed by atoms with Crippen LogP contribution in [0.2, 0.25) is 78.6 Å². The van der Waals surface area contributed by atoms with Crippen molar-refractivity contribution in [3.05, 3.63) is 131 Å². The quantitative estimate of drug-likeness (QED) is 0.113. The second-order valence-corrected chi connectivity index (χ2v) is 40.7. The molecule has 48 heavy (non-hydrogen) atoms. The average molecular weight is 846 g/mol. The van der Waals surface area contributed by atoms with Gasteiger partial charge < -0.3 is 18.3 Å². The molecule has 0 aliphatic carbocycles. The van der Waals surface area contributed by atoms with Crippen LogP contribution in [-0.4, -0.2) is 32.9 Å². The van der Waals surface area contributed by atoms with Crippen LogP contribution in [0.15, 0.2) is 130 Å². The van der Waals surface area contributed by atoms with Gasteiger partial charge in [-0.3, -0.25) is 0 Å². The molecule has 0 saturated carbocycles. The third-order valence-corrected chi connectivity index (χ3v) is 24.5. The first kappa shape index (κ1) is 45.2. The molecular weight excluding hydrogens is 790 g/mol. The van der Waals surface area contributed by atoms with Crippen LogP contribution in [0.3, 0.4) is 0 Å². The summed E-state index contributed by atoms with van der Waals surface area (Å²) in [6, 6.07) is 43.0. The van der Waals surface area contributed by atoms with Crippen LogP contribution in [0.1, 0.15) is 0 Å². The molecule has 0 N–H and O–H groups in total. The predicted octanol–water partition coefficient (Wildman–Crippen LogP) is 11.6. The number of rotatable bonds is 10. The van der Waals surface area contributed by atoms with Gasteiger partial charge in [-0.05, 0) is 21.2 Å². The van der Waals surface area contributed by atoms with Gasteiger partial charge >= 0.3 is 34.1 Å². The summed E-state index contributed by atoms with van der Waals surface area (Å²) >= 11 is 0. The summed E-state index contributed by atoms with van der Waals surface area (Å²) in [5.41, 5.74) is 0. The van der Waals surface area contributed by atoms with Gasteiger partial charge in [0.25, 0.3) is 0 Å². The Morgan fingerprint density at radius 2 is 0.542 bits per heavy atom. The van der Waals surface area contributed by atoms with Crippen LogP contribution in [0.4, 0.5) is 0 Å². The van der Waals surface area contributed by atoms with Crippen molar-refractivity contribution in [2.24, 2.45) is 8.82 Å². The predicted molar refractivity (Wildman–Crippen MR) is 223 cm³/mol. The van der Waals surface area contributed by atoms with Gasteiger partial charge in [0.15, 0.2) is 16.5 Å². The van der Waals surface area contributed by atoms with E-state index in [1.54, 1.807) is 0 Å². The van der Waals surface area contributed by atoms with Gasteiger partial charge in [-0.15, -0.1) is 0 Å². The zero-order valence-electron chi connectivity index (χ0n) is 30.8. The summed E-state index contributed by atoms with van der Waals surface area (Å²) in [7, 11) is -10.8. The minimum Gasteiger partial charge on any atom is -0.617 e. The fraction of sp³-hybridized carbons (Fsp3) is 0.333. The van der Waals surface area contributed by atoms with Crippen molar-refractivity contribution in [1.29, 1.82) is 0 Å². The van der Waals surface area contributed by atoms with Gasteiger partial charge in [-0.25, -0.2) is 0 Å². The third-order valence-electron chi connectivity index (χ3n) is 6.24. The third kappa shape index (κ3) is 14.1. The van der Waals surface area contributed by atoms with Crippen LogP contribution in [0.25, 0.3) is 9.51 Å². The second kappa shape index (κ2) is 18.6. The summed E-state index contributed by atoms with van der Waals surface area (Å²) in [6.07, 6.45) is 0. The maximum atomic E-state index is 5.48. The Hall–Kier alpha value is -0.834. The van der Waals surface area contributed by atoms with E-state index in [2.05, 4.69) is 200 Å². The van der Waals surface area contributed by atoms with Crippen LogP contribution in [-0.2, 0) is 34.1 Å². The van der Waals surface area contributed by atoms with Crippen LogP contribution < -0.4 is 21.2 Å². The molecule has 0 amide bonds. The molecule has 0 atom stereocenters. The van der Waals surface area contributed by atoms with E-state index in [9.17, 15) is 0 Å². The Bertz CT molecular complexity index is 1420. The molecular formula is C36H56Cu2N4P2Si4. The Kier molecular flexibility index (Phi) is 17.5. The average Bonchev–Trinajstić information content (AvgIpc) is 2.96. The van der Waals surface area contributed by atoms with E-state index in [0.717, 1.165) is 0 Å². The topological polar surface area (TPSA) is 52.9 Å². The first-order chi connectivity index (χ1) is 21.2. The normalized spacial score (nSPS) is 12.4. The molecule has 0 aliphatic heterocycles. The first-order valence-corrected chi connectivity index (χ1v) is 33.4. The minimum atomic E-state index is -2.07. The fourth-order valence-corrected chi connectivity index (χ4v) is 26.8. The summed E-state index contributed by atoms with van der Waals surface area (Å²) in [5, 5.41) is 5.15. The largest absolute Gasteiger partial charge is 1.00 e. The molecule has 0 saturated heterocycles. The summed E-state index contributed by atoms with van der Waals surface area (Å²) in [6.45, 7) is 27.8. The van der Waals surface area contributed by atoms with Crippen molar-refractivity contribution in [3.8, 4) is 0 Å². The summed E-state index contributed by atoms with van der Waals surface area (Å²) in [5.74, 6) is 0. The van der Waals surface area contributed by atoms with Crippen molar-refractivity contribution < 1.29 is 34.1 Å². The van der Waals surface area contributed by atoms with Crippen molar-refractivity contribution >= 4 is 68.6 Å². The number of hydrogen-bond donors (Lipinski definition) is 0. The van der Waals surface area contributed by atoms with Crippen molar-refractivity contribution in [1.82, 2.24) is 0 Å². The Morgan fingerprint density at radius 3 is 0.688 bits per heavy atom. The molecule has 4 aromatic rings. The Morgan fingerprint density at radius 1 is 0.354 bits per heavy atom. The van der Waals surface area contributed by atoms with E-state index < -0.39 is 47.4 Å². The molecule has 0 unspecified atom stereocenters. The van der Waals surface area contributed by atoms with Gasteiger partial charge in [-0.1, -0.05) is 231 Å². The van der Waals surface area contributed by atoms with E-state index in [-0.39, 0.29) is 34.1 Å². The number of hydrogen-bond acceptors (Lipinski definition) is 2. The van der Waals surface area contributed by atoms with E-state index in [1.165, 1.54) is 21.2 Å². The van der Waals surface area contributed by atoms with E-state index >= 15 is 0 Å². The number of nitrogens with zero attached hydrogens (tertiary/aromatic N) is 4. The molecule has 4 aromatic carbocycles. The molecule has 0 bridgehead atoms. The molecule has 12 heteroatoms. The number of benzene rings is 4. The molecule has 0 radical (unpaired) electrons. The molecule has 268 valence electrons. The maximum absolute atomic E-state index is 5.48. The van der Waals surface area contributed by atoms with E-state index in [4.69, 9.17) is 18.3 Å². The van der Waals surface area contributed by atoms with Crippen molar-refractivity contribution in [3.63, 3.8) is 0 Å². The van der Waals surface area contributed by atoms with Crippen molar-refractivity contribution in [2.75, 3.05) is 0 Å². The molecule has 0 fully saturated rings. The van der Waals surface area contributed by atoms with E-state index in [0.29, 0.717) is 0 Å². The molecule has 0 heterocycles. The fourth-order valence-electron chi connectivity index (χ4n) is 5.08. The monoisotopic (exact) mass is 844 g/mol. The van der Waals surface area contributed by atoms with Crippen molar-refractivity contribution in [2.45, 2.75) is 78.6 Å². The molecule has 0 spiro atoms. The summed E-state index contributed by atoms with van der Waals surface area (Å²) < 4.78 is 21.9. The smallest absolute Gasteiger partial charge is 0.617 e. The van der Waals surface area contributed by atoms with Gasteiger partial charge in [0.2, 0.25) is 0 Å².